The SMILES string of the molecule is CC(C)CC1CSC(=NCCOCC(F)(F)F)N1. The lowest BCUT2D eigenvalue weighted by Gasteiger charge is -2.11. The van der Waals surface area contributed by atoms with Gasteiger partial charge in [-0.2, -0.15) is 13.2 Å². The highest BCUT2D eigenvalue weighted by molar-refractivity contribution is 8.14. The fraction of sp³-hybridized carbons (Fsp3) is 0.909. The van der Waals surface area contributed by atoms with Crippen molar-refractivity contribution < 1.29 is 17.9 Å². The maximum atomic E-state index is 11.8. The van der Waals surface area contributed by atoms with Gasteiger partial charge in [-0.1, -0.05) is 25.6 Å². The number of halogens is 3. The Labute approximate surface area is 110 Å². The summed E-state index contributed by atoms with van der Waals surface area (Å²) < 4.78 is 39.8. The third-order valence-corrected chi connectivity index (χ3v) is 3.35. The van der Waals surface area contributed by atoms with Crippen LogP contribution in [0, 0.1) is 5.92 Å². The Morgan fingerprint density at radius 1 is 1.50 bits per heavy atom. The smallest absolute Gasteiger partial charge is 0.370 e. The van der Waals surface area contributed by atoms with Crippen LogP contribution < -0.4 is 5.32 Å². The number of thioether (sulfide) groups is 1. The van der Waals surface area contributed by atoms with Crippen LogP contribution >= 0.6 is 11.8 Å². The van der Waals surface area contributed by atoms with Gasteiger partial charge in [0.1, 0.15) is 6.61 Å². The summed E-state index contributed by atoms with van der Waals surface area (Å²) in [6, 6.07) is 0.421. The zero-order valence-electron chi connectivity index (χ0n) is 10.6. The number of amidine groups is 1. The average Bonchev–Trinajstić information content (AvgIpc) is 2.62. The predicted octanol–water partition coefficient (Wildman–Crippen LogP) is 2.67. The van der Waals surface area contributed by atoms with Gasteiger partial charge in [-0.15, -0.1) is 0 Å². The van der Waals surface area contributed by atoms with Crippen LogP contribution in [-0.2, 0) is 4.74 Å². The number of rotatable bonds is 6. The molecule has 18 heavy (non-hydrogen) atoms. The summed E-state index contributed by atoms with van der Waals surface area (Å²) in [5, 5.41) is 4.08. The van der Waals surface area contributed by atoms with Crippen molar-refractivity contribution in [3.8, 4) is 0 Å². The molecule has 106 valence electrons. The lowest BCUT2D eigenvalue weighted by molar-refractivity contribution is -0.173. The van der Waals surface area contributed by atoms with Crippen molar-refractivity contribution in [1.29, 1.82) is 0 Å². The van der Waals surface area contributed by atoms with Crippen LogP contribution in [0.2, 0.25) is 0 Å². The fourth-order valence-corrected chi connectivity index (χ4v) is 2.64. The maximum absolute atomic E-state index is 11.8. The van der Waals surface area contributed by atoms with Crippen molar-refractivity contribution in [1.82, 2.24) is 5.32 Å². The molecule has 7 heteroatoms. The third kappa shape index (κ3) is 7.10. The van der Waals surface area contributed by atoms with Crippen LogP contribution in [0.1, 0.15) is 20.3 Å². The molecule has 3 nitrogen and oxygen atoms in total. The van der Waals surface area contributed by atoms with Gasteiger partial charge in [0.15, 0.2) is 5.17 Å². The van der Waals surface area contributed by atoms with E-state index in [1.54, 1.807) is 11.8 Å². The van der Waals surface area contributed by atoms with E-state index in [9.17, 15) is 13.2 Å². The van der Waals surface area contributed by atoms with Gasteiger partial charge in [-0.25, -0.2) is 0 Å². The largest absolute Gasteiger partial charge is 0.411 e. The Balaban J connectivity index is 2.13. The number of hydrogen-bond acceptors (Lipinski definition) is 3. The molecule has 1 saturated heterocycles. The first-order chi connectivity index (χ1) is 8.37. The average molecular weight is 284 g/mol. The topological polar surface area (TPSA) is 33.6 Å². The molecule has 0 saturated carbocycles. The van der Waals surface area contributed by atoms with E-state index in [2.05, 4.69) is 28.9 Å². The highest BCUT2D eigenvalue weighted by Gasteiger charge is 2.27. The van der Waals surface area contributed by atoms with Crippen LogP contribution in [0.25, 0.3) is 0 Å². The van der Waals surface area contributed by atoms with Crippen molar-refractivity contribution in [2.45, 2.75) is 32.5 Å². The number of alkyl halides is 3. The molecule has 1 atom stereocenters. The van der Waals surface area contributed by atoms with E-state index in [4.69, 9.17) is 0 Å². The minimum absolute atomic E-state index is 0.0000965. The summed E-state index contributed by atoms with van der Waals surface area (Å²) in [6.07, 6.45) is -3.17. The normalized spacial score (nSPS) is 22.8. The molecule has 1 unspecified atom stereocenters. The number of hydrogen-bond donors (Lipinski definition) is 1. The molecule has 0 radical (unpaired) electrons. The van der Waals surface area contributed by atoms with E-state index >= 15 is 0 Å². The molecule has 1 heterocycles. The summed E-state index contributed by atoms with van der Waals surface area (Å²) in [4.78, 5) is 4.18. The minimum Gasteiger partial charge on any atom is -0.370 e. The van der Waals surface area contributed by atoms with Crippen molar-refractivity contribution in [3.05, 3.63) is 0 Å². The van der Waals surface area contributed by atoms with Gasteiger partial charge in [0.2, 0.25) is 0 Å². The van der Waals surface area contributed by atoms with E-state index < -0.39 is 12.8 Å². The Morgan fingerprint density at radius 2 is 2.22 bits per heavy atom. The van der Waals surface area contributed by atoms with Gasteiger partial charge in [0, 0.05) is 11.8 Å². The molecule has 0 aromatic carbocycles. The van der Waals surface area contributed by atoms with Crippen LogP contribution in [0.4, 0.5) is 13.2 Å². The first kappa shape index (κ1) is 15.6. The summed E-state index contributed by atoms with van der Waals surface area (Å²) in [7, 11) is 0. The lowest BCUT2D eigenvalue weighted by atomic mass is 10.1. The van der Waals surface area contributed by atoms with Crippen LogP contribution in [0.5, 0.6) is 0 Å². The maximum Gasteiger partial charge on any atom is 0.411 e. The van der Waals surface area contributed by atoms with Crippen molar-refractivity contribution in [3.63, 3.8) is 0 Å². The molecule has 1 fully saturated rings. The van der Waals surface area contributed by atoms with Crippen LogP contribution in [0.15, 0.2) is 4.99 Å². The monoisotopic (exact) mass is 284 g/mol. The van der Waals surface area contributed by atoms with Crippen LogP contribution in [-0.4, -0.2) is 42.9 Å². The number of nitrogens with one attached hydrogen (secondary N) is 1. The highest BCUT2D eigenvalue weighted by Crippen LogP contribution is 2.19. The Morgan fingerprint density at radius 3 is 2.83 bits per heavy atom. The quantitative estimate of drug-likeness (QED) is 0.761. The molecule has 1 N–H and O–H groups in total. The van der Waals surface area contributed by atoms with Gasteiger partial charge in [-0.05, 0) is 12.3 Å². The van der Waals surface area contributed by atoms with Crippen molar-refractivity contribution in [2.24, 2.45) is 10.9 Å². The van der Waals surface area contributed by atoms with Crippen LogP contribution in [0.3, 0.4) is 0 Å². The molecule has 0 aromatic rings. The molecule has 1 rings (SSSR count). The first-order valence-electron chi connectivity index (χ1n) is 5.95. The predicted molar refractivity (Wildman–Crippen MR) is 68.0 cm³/mol. The van der Waals surface area contributed by atoms with Gasteiger partial charge in [0.25, 0.3) is 0 Å². The Bertz CT molecular complexity index is 282. The van der Waals surface area contributed by atoms with Gasteiger partial charge in [-0.3, -0.25) is 4.99 Å². The summed E-state index contributed by atoms with van der Waals surface area (Å²) >= 11 is 1.62. The first-order valence-corrected chi connectivity index (χ1v) is 6.93. The zero-order chi connectivity index (χ0) is 13.6. The minimum atomic E-state index is -4.25. The molecular weight excluding hydrogens is 265 g/mol. The molecular formula is C11H19F3N2OS. The highest BCUT2D eigenvalue weighted by atomic mass is 32.2. The van der Waals surface area contributed by atoms with E-state index in [1.165, 1.54) is 0 Å². The van der Waals surface area contributed by atoms with Gasteiger partial charge in [0.05, 0.1) is 13.2 Å². The molecule has 0 amide bonds. The van der Waals surface area contributed by atoms with Crippen molar-refractivity contribution in [2.75, 3.05) is 25.5 Å². The second kappa shape index (κ2) is 7.23. The molecule has 0 aromatic heterocycles. The molecule has 0 bridgehead atoms. The fourth-order valence-electron chi connectivity index (χ4n) is 1.62. The van der Waals surface area contributed by atoms with Gasteiger partial charge >= 0.3 is 6.18 Å². The third-order valence-electron chi connectivity index (χ3n) is 2.26. The lowest BCUT2D eigenvalue weighted by Crippen LogP contribution is -2.28. The standard InChI is InChI=1S/C11H19F3N2OS/c1-8(2)5-9-6-18-10(16-9)15-3-4-17-7-11(12,13)14/h8-9H,3-7H2,1-2H3,(H,15,16). The summed E-state index contributed by atoms with van der Waals surface area (Å²) in [5.41, 5.74) is 0. The summed E-state index contributed by atoms with van der Waals surface area (Å²) in [6.45, 7) is 3.38. The summed E-state index contributed by atoms with van der Waals surface area (Å²) in [5.74, 6) is 1.60. The number of nitrogens with zero attached hydrogens (tertiary/aromatic N) is 1. The zero-order valence-corrected chi connectivity index (χ0v) is 11.4. The number of aliphatic imine (C=N–C) groups is 1. The van der Waals surface area contributed by atoms with E-state index in [-0.39, 0.29) is 13.2 Å². The second-order valence-electron chi connectivity index (χ2n) is 4.64. The Hall–Kier alpha value is -0.430. The van der Waals surface area contributed by atoms with E-state index in [0.717, 1.165) is 17.3 Å². The van der Waals surface area contributed by atoms with Gasteiger partial charge < -0.3 is 10.1 Å². The number of ether oxygens (including phenoxy) is 1. The van der Waals surface area contributed by atoms with E-state index in [0.29, 0.717) is 12.0 Å². The molecule has 0 spiro atoms. The second-order valence-corrected chi connectivity index (χ2v) is 5.65. The van der Waals surface area contributed by atoms with Crippen molar-refractivity contribution >= 4 is 16.9 Å². The van der Waals surface area contributed by atoms with E-state index in [1.807, 2.05) is 0 Å². The molecule has 1 aliphatic heterocycles. The Kier molecular flexibility index (Phi) is 6.28. The molecule has 1 aliphatic rings. The molecule has 0 aliphatic carbocycles.